The molecule has 0 saturated carbocycles. The molecule has 0 aliphatic heterocycles. The molecule has 0 unspecified atom stereocenters. The van der Waals surface area contributed by atoms with E-state index in [9.17, 15) is 24.2 Å². The first-order valence-electron chi connectivity index (χ1n) is 3.90. The number of hydrogen-bond acceptors (Lipinski definition) is 1. The molecule has 0 saturated heterocycles. The van der Waals surface area contributed by atoms with E-state index in [0.717, 1.165) is 19.1 Å². The summed E-state index contributed by atoms with van der Waals surface area (Å²) < 4.78 is 62.4. The van der Waals surface area contributed by atoms with Crippen LogP contribution in [-0.2, 0) is 0 Å². The molecule has 0 heterocycles. The Morgan fingerprint density at radius 3 is 2.00 bits per heavy atom. The fraction of sp³-hybridized carbons (Fsp3) is 0.125. The van der Waals surface area contributed by atoms with E-state index in [4.69, 9.17) is 5.11 Å². The van der Waals surface area contributed by atoms with E-state index in [2.05, 4.69) is 0 Å². The molecule has 1 rings (SSSR count). The molecule has 0 aliphatic rings. The lowest BCUT2D eigenvalue weighted by molar-refractivity contribution is 0.0689. The van der Waals surface area contributed by atoms with Crippen molar-refractivity contribution in [1.82, 2.24) is 0 Å². The normalized spacial score (nSPS) is 16.4. The van der Waals surface area contributed by atoms with E-state index in [-0.39, 0.29) is 11.6 Å². The standard InChI is InChI=1S/C8H7F5O2S/c1-5-3-2-4-6(7(5)8(14)15)16(9,10,11,12)13/h2-4H,1H3,(H,14,15). The summed E-state index contributed by atoms with van der Waals surface area (Å²) in [6, 6.07) is 1.85. The maximum Gasteiger partial charge on any atom is 0.337 e. The van der Waals surface area contributed by atoms with Crippen molar-refractivity contribution in [3.63, 3.8) is 0 Å². The number of aromatic carboxylic acids is 1. The minimum absolute atomic E-state index is 0.0814. The summed E-state index contributed by atoms with van der Waals surface area (Å²) in [4.78, 5) is 8.21. The Kier molecular flexibility index (Phi) is 2.14. The minimum atomic E-state index is -9.96. The van der Waals surface area contributed by atoms with Crippen molar-refractivity contribution in [2.24, 2.45) is 0 Å². The molecule has 1 aromatic carbocycles. The average Bonchev–Trinajstić information content (AvgIpc) is 1.98. The molecule has 92 valence electrons. The van der Waals surface area contributed by atoms with Gasteiger partial charge in [0.2, 0.25) is 0 Å². The third-order valence-electron chi connectivity index (χ3n) is 1.86. The minimum Gasteiger partial charge on any atom is -0.478 e. The Hall–Kier alpha value is -1.31. The Balaban J connectivity index is 3.74. The van der Waals surface area contributed by atoms with Gasteiger partial charge in [0.25, 0.3) is 0 Å². The van der Waals surface area contributed by atoms with Crippen LogP contribution in [0.2, 0.25) is 0 Å². The van der Waals surface area contributed by atoms with Gasteiger partial charge in [0, 0.05) is 0 Å². The Bertz CT molecular complexity index is 464. The van der Waals surface area contributed by atoms with Crippen LogP contribution in [0.4, 0.5) is 19.4 Å². The number of carbonyl (C=O) groups is 1. The van der Waals surface area contributed by atoms with Crippen molar-refractivity contribution in [3.05, 3.63) is 29.3 Å². The second-order valence-corrected chi connectivity index (χ2v) is 5.60. The van der Waals surface area contributed by atoms with Crippen molar-refractivity contribution in [1.29, 1.82) is 0 Å². The van der Waals surface area contributed by atoms with Gasteiger partial charge in [-0.1, -0.05) is 31.6 Å². The number of carboxylic acid groups (broad SMARTS) is 1. The van der Waals surface area contributed by atoms with Crippen LogP contribution in [0.5, 0.6) is 0 Å². The number of rotatable bonds is 2. The molecule has 16 heavy (non-hydrogen) atoms. The lowest BCUT2D eigenvalue weighted by Crippen LogP contribution is -2.14. The van der Waals surface area contributed by atoms with Crippen LogP contribution in [-0.4, -0.2) is 11.1 Å². The monoisotopic (exact) mass is 262 g/mol. The smallest absolute Gasteiger partial charge is 0.337 e. The van der Waals surface area contributed by atoms with Gasteiger partial charge in [0.15, 0.2) is 0 Å². The summed E-state index contributed by atoms with van der Waals surface area (Å²) in [5.74, 6) is -2.03. The Morgan fingerprint density at radius 2 is 1.69 bits per heavy atom. The summed E-state index contributed by atoms with van der Waals surface area (Å²) in [6.45, 7) is 1.02. The summed E-state index contributed by atoms with van der Waals surface area (Å²) in [6.07, 6.45) is 0. The van der Waals surface area contributed by atoms with E-state index in [1.165, 1.54) is 0 Å². The number of hydrogen-bond donors (Lipinski definition) is 1. The van der Waals surface area contributed by atoms with Crippen LogP contribution in [0, 0.1) is 6.92 Å². The lowest BCUT2D eigenvalue weighted by atomic mass is 10.1. The van der Waals surface area contributed by atoms with Gasteiger partial charge in [0.05, 0.1) is 5.56 Å². The summed E-state index contributed by atoms with van der Waals surface area (Å²) in [7, 11) is -9.96. The predicted molar refractivity (Wildman–Crippen MR) is 49.5 cm³/mol. The van der Waals surface area contributed by atoms with E-state index < -0.39 is 26.7 Å². The predicted octanol–water partition coefficient (Wildman–Crippen LogP) is 4.35. The molecule has 0 aliphatic carbocycles. The number of halogens is 5. The summed E-state index contributed by atoms with van der Waals surface area (Å²) in [5.41, 5.74) is -1.76. The second-order valence-electron chi connectivity index (χ2n) is 3.22. The summed E-state index contributed by atoms with van der Waals surface area (Å²) in [5, 5.41) is 8.52. The molecule has 0 amide bonds. The second kappa shape index (κ2) is 2.68. The molecular weight excluding hydrogens is 255 g/mol. The maximum absolute atomic E-state index is 12.5. The lowest BCUT2D eigenvalue weighted by Gasteiger charge is -2.41. The molecular formula is C8H7F5O2S. The van der Waals surface area contributed by atoms with E-state index >= 15 is 0 Å². The average molecular weight is 262 g/mol. The van der Waals surface area contributed by atoms with E-state index in [1.807, 2.05) is 0 Å². The van der Waals surface area contributed by atoms with Crippen molar-refractivity contribution in [3.8, 4) is 0 Å². The molecule has 1 aromatic rings. The number of aryl methyl sites for hydroxylation is 1. The topological polar surface area (TPSA) is 37.3 Å². The highest BCUT2D eigenvalue weighted by atomic mass is 32.5. The van der Waals surface area contributed by atoms with Crippen molar-refractivity contribution in [2.75, 3.05) is 0 Å². The third kappa shape index (κ3) is 2.43. The van der Waals surface area contributed by atoms with E-state index in [1.54, 1.807) is 0 Å². The highest BCUT2D eigenvalue weighted by Crippen LogP contribution is 3.02. The zero-order valence-electron chi connectivity index (χ0n) is 7.89. The zero-order chi connectivity index (χ0) is 12.8. The van der Waals surface area contributed by atoms with Gasteiger partial charge in [-0.3, -0.25) is 0 Å². The maximum atomic E-state index is 12.5. The van der Waals surface area contributed by atoms with Crippen LogP contribution in [0.25, 0.3) is 0 Å². The van der Waals surface area contributed by atoms with Gasteiger partial charge in [-0.15, -0.1) is 0 Å². The summed E-state index contributed by atoms with van der Waals surface area (Å²) >= 11 is 0. The SMILES string of the molecule is Cc1cccc(S(F)(F)(F)(F)F)c1C(=O)O. The molecule has 0 fully saturated rings. The Labute approximate surface area is 87.4 Å². The van der Waals surface area contributed by atoms with Gasteiger partial charge in [-0.2, -0.15) is 0 Å². The molecule has 0 atom stereocenters. The van der Waals surface area contributed by atoms with Crippen molar-refractivity contribution >= 4 is 16.2 Å². The van der Waals surface area contributed by atoms with Gasteiger partial charge in [-0.05, 0) is 18.6 Å². The van der Waals surface area contributed by atoms with Gasteiger partial charge < -0.3 is 5.11 Å². The van der Waals surface area contributed by atoms with Crippen molar-refractivity contribution in [2.45, 2.75) is 11.8 Å². The molecule has 2 nitrogen and oxygen atoms in total. The fourth-order valence-corrected chi connectivity index (χ4v) is 2.21. The molecule has 8 heteroatoms. The molecule has 0 bridgehead atoms. The van der Waals surface area contributed by atoms with Crippen LogP contribution >= 0.6 is 10.2 Å². The molecule has 0 spiro atoms. The van der Waals surface area contributed by atoms with Crippen molar-refractivity contribution < 1.29 is 29.3 Å². The first-order valence-corrected chi connectivity index (χ1v) is 5.85. The first kappa shape index (κ1) is 12.8. The first-order chi connectivity index (χ1) is 6.83. The highest BCUT2D eigenvalue weighted by Gasteiger charge is 2.67. The Morgan fingerprint density at radius 1 is 1.19 bits per heavy atom. The fourth-order valence-electron chi connectivity index (χ4n) is 1.24. The van der Waals surface area contributed by atoms with Gasteiger partial charge in [-0.25, -0.2) is 4.79 Å². The van der Waals surface area contributed by atoms with Crippen LogP contribution < -0.4 is 0 Å². The molecule has 0 radical (unpaired) electrons. The van der Waals surface area contributed by atoms with Gasteiger partial charge >= 0.3 is 16.2 Å². The quantitative estimate of drug-likeness (QED) is 0.804. The van der Waals surface area contributed by atoms with Crippen LogP contribution in [0.15, 0.2) is 23.1 Å². The largest absolute Gasteiger partial charge is 0.478 e. The van der Waals surface area contributed by atoms with Gasteiger partial charge in [0.1, 0.15) is 4.90 Å². The van der Waals surface area contributed by atoms with Crippen LogP contribution in [0.3, 0.4) is 0 Å². The number of benzene rings is 1. The molecule has 0 aromatic heterocycles. The molecule has 1 N–H and O–H groups in total. The highest BCUT2D eigenvalue weighted by molar-refractivity contribution is 8.45. The third-order valence-corrected chi connectivity index (χ3v) is 3.04. The number of carboxylic acids is 1. The zero-order valence-corrected chi connectivity index (χ0v) is 8.70. The van der Waals surface area contributed by atoms with Crippen LogP contribution in [0.1, 0.15) is 15.9 Å². The van der Waals surface area contributed by atoms with E-state index in [0.29, 0.717) is 0 Å².